The third-order valence-electron chi connectivity index (χ3n) is 2.48. The molecule has 0 saturated heterocycles. The van der Waals surface area contributed by atoms with Gasteiger partial charge in [-0.2, -0.15) is 0 Å². The van der Waals surface area contributed by atoms with Gasteiger partial charge >= 0.3 is 0 Å². The smallest absolute Gasteiger partial charge is 0.253 e. The number of amides is 2. The van der Waals surface area contributed by atoms with Gasteiger partial charge in [0.25, 0.3) is 5.91 Å². The second kappa shape index (κ2) is 7.16. The van der Waals surface area contributed by atoms with Crippen LogP contribution in [0.5, 0.6) is 0 Å². The Morgan fingerprint density at radius 1 is 1.11 bits per heavy atom. The first kappa shape index (κ1) is 14.7. The number of hydrogen-bond acceptors (Lipinski definition) is 3. The number of carbonyl (C=O) groups is 2. The third kappa shape index (κ3) is 5.21. The molecule has 19 heavy (non-hydrogen) atoms. The maximum absolute atomic E-state index is 11.4. The highest BCUT2D eigenvalue weighted by Crippen LogP contribution is 2.10. The summed E-state index contributed by atoms with van der Waals surface area (Å²) >= 11 is 0. The lowest BCUT2D eigenvalue weighted by Crippen LogP contribution is -2.28. The number of nitrogens with one attached hydrogen (secondary N) is 2. The number of rotatable bonds is 4. The number of imide groups is 1. The van der Waals surface area contributed by atoms with Crippen molar-refractivity contribution in [3.05, 3.63) is 47.6 Å². The monoisotopic (exact) mass is 258 g/mol. The Balaban J connectivity index is 2.65. The molecule has 4 nitrogen and oxygen atoms in total. The van der Waals surface area contributed by atoms with Gasteiger partial charge in [-0.25, -0.2) is 0 Å². The second-order valence-electron chi connectivity index (χ2n) is 4.09. The molecule has 2 N–H and O–H groups in total. The number of benzene rings is 1. The Kier molecular flexibility index (Phi) is 5.54. The van der Waals surface area contributed by atoms with Crippen molar-refractivity contribution in [3.63, 3.8) is 0 Å². The van der Waals surface area contributed by atoms with Crippen molar-refractivity contribution in [2.75, 3.05) is 12.4 Å². The Bertz CT molecular complexity index is 513. The molecule has 0 aliphatic rings. The molecule has 0 radical (unpaired) electrons. The van der Waals surface area contributed by atoms with E-state index in [2.05, 4.69) is 10.6 Å². The maximum Gasteiger partial charge on any atom is 0.253 e. The summed E-state index contributed by atoms with van der Waals surface area (Å²) in [7, 11) is 1.87. The standard InChI is InChI=1S/C15H18N2O2/c1-11(15(19)17-12(2)18)5-4-6-13-7-9-14(16-3)10-8-13/h4-10,16H,1-3H3,(H,17,18,19)/b6-4+,11-5+. The molecular formula is C15H18N2O2. The average Bonchev–Trinajstić information content (AvgIpc) is 2.38. The SMILES string of the molecule is CNc1ccc(/C=C/C=C(\C)C(=O)NC(C)=O)cc1. The minimum Gasteiger partial charge on any atom is -0.388 e. The molecule has 0 fully saturated rings. The maximum atomic E-state index is 11.4. The van der Waals surface area contributed by atoms with Crippen LogP contribution in [0.3, 0.4) is 0 Å². The van der Waals surface area contributed by atoms with Gasteiger partial charge in [0.05, 0.1) is 0 Å². The van der Waals surface area contributed by atoms with E-state index < -0.39 is 0 Å². The second-order valence-corrected chi connectivity index (χ2v) is 4.09. The van der Waals surface area contributed by atoms with Crippen molar-refractivity contribution in [3.8, 4) is 0 Å². The predicted octanol–water partition coefficient (Wildman–Crippen LogP) is 2.35. The Labute approximate surface area is 113 Å². The van der Waals surface area contributed by atoms with E-state index in [1.54, 1.807) is 19.1 Å². The van der Waals surface area contributed by atoms with Gasteiger partial charge in [-0.3, -0.25) is 14.9 Å². The van der Waals surface area contributed by atoms with E-state index in [0.29, 0.717) is 5.57 Å². The fraction of sp³-hybridized carbons (Fsp3) is 0.200. The summed E-state index contributed by atoms with van der Waals surface area (Å²) in [6.07, 6.45) is 5.34. The van der Waals surface area contributed by atoms with Crippen LogP contribution < -0.4 is 10.6 Å². The quantitative estimate of drug-likeness (QED) is 0.644. The fourth-order valence-electron chi connectivity index (χ4n) is 1.40. The van der Waals surface area contributed by atoms with Crippen molar-refractivity contribution < 1.29 is 9.59 Å². The normalized spacial score (nSPS) is 11.4. The van der Waals surface area contributed by atoms with Crippen LogP contribution in [0, 0.1) is 0 Å². The Morgan fingerprint density at radius 3 is 2.26 bits per heavy atom. The van der Waals surface area contributed by atoms with Crippen LogP contribution in [0.2, 0.25) is 0 Å². The minimum absolute atomic E-state index is 0.357. The lowest BCUT2D eigenvalue weighted by molar-refractivity contribution is -0.127. The molecule has 0 atom stereocenters. The van der Waals surface area contributed by atoms with Crippen molar-refractivity contribution >= 4 is 23.6 Å². The molecule has 1 aromatic rings. The Hall–Kier alpha value is -2.36. The average molecular weight is 258 g/mol. The minimum atomic E-state index is -0.373. The zero-order chi connectivity index (χ0) is 14.3. The van der Waals surface area contributed by atoms with Gasteiger partial charge in [0.2, 0.25) is 5.91 Å². The summed E-state index contributed by atoms with van der Waals surface area (Å²) in [6.45, 7) is 2.97. The number of carbonyl (C=O) groups excluding carboxylic acids is 2. The van der Waals surface area contributed by atoms with E-state index in [1.807, 2.05) is 37.4 Å². The molecule has 4 heteroatoms. The van der Waals surface area contributed by atoms with Gasteiger partial charge in [0.1, 0.15) is 0 Å². The van der Waals surface area contributed by atoms with Gasteiger partial charge in [0.15, 0.2) is 0 Å². The van der Waals surface area contributed by atoms with Crippen molar-refractivity contribution in [1.29, 1.82) is 0 Å². The van der Waals surface area contributed by atoms with Crippen LogP contribution >= 0.6 is 0 Å². The Morgan fingerprint density at radius 2 is 1.74 bits per heavy atom. The topological polar surface area (TPSA) is 58.2 Å². The van der Waals surface area contributed by atoms with Crippen LogP contribution in [0.1, 0.15) is 19.4 Å². The van der Waals surface area contributed by atoms with Crippen LogP contribution in [0.25, 0.3) is 6.08 Å². The molecule has 1 aromatic carbocycles. The summed E-state index contributed by atoms with van der Waals surface area (Å²) in [5.41, 5.74) is 2.57. The van der Waals surface area contributed by atoms with Crippen LogP contribution in [0.4, 0.5) is 5.69 Å². The zero-order valence-corrected chi connectivity index (χ0v) is 11.4. The highest BCUT2D eigenvalue weighted by atomic mass is 16.2. The van der Waals surface area contributed by atoms with Gasteiger partial charge < -0.3 is 5.32 Å². The van der Waals surface area contributed by atoms with E-state index in [-0.39, 0.29) is 11.8 Å². The number of hydrogen-bond donors (Lipinski definition) is 2. The van der Waals surface area contributed by atoms with E-state index in [1.165, 1.54) is 6.92 Å². The van der Waals surface area contributed by atoms with Crippen LogP contribution in [-0.2, 0) is 9.59 Å². The van der Waals surface area contributed by atoms with Crippen LogP contribution in [0.15, 0.2) is 42.0 Å². The lowest BCUT2D eigenvalue weighted by atomic mass is 10.1. The van der Waals surface area contributed by atoms with E-state index in [0.717, 1.165) is 11.3 Å². The molecule has 0 bridgehead atoms. The zero-order valence-electron chi connectivity index (χ0n) is 11.4. The largest absolute Gasteiger partial charge is 0.388 e. The number of allylic oxidation sites excluding steroid dienone is 2. The summed E-state index contributed by atoms with van der Waals surface area (Å²) in [5, 5.41) is 5.26. The molecule has 0 aliphatic carbocycles. The van der Waals surface area contributed by atoms with Crippen molar-refractivity contribution in [1.82, 2.24) is 5.32 Å². The molecular weight excluding hydrogens is 240 g/mol. The molecule has 0 spiro atoms. The highest BCUT2D eigenvalue weighted by molar-refractivity contribution is 6.03. The molecule has 0 aliphatic heterocycles. The first-order valence-corrected chi connectivity index (χ1v) is 5.97. The highest BCUT2D eigenvalue weighted by Gasteiger charge is 2.03. The predicted molar refractivity (Wildman–Crippen MR) is 77.6 cm³/mol. The molecule has 2 amide bonds. The van der Waals surface area contributed by atoms with E-state index >= 15 is 0 Å². The first-order valence-electron chi connectivity index (χ1n) is 5.97. The summed E-state index contributed by atoms with van der Waals surface area (Å²) in [6, 6.07) is 7.89. The third-order valence-corrected chi connectivity index (χ3v) is 2.48. The van der Waals surface area contributed by atoms with E-state index in [4.69, 9.17) is 0 Å². The van der Waals surface area contributed by atoms with Gasteiger partial charge in [0, 0.05) is 25.2 Å². The van der Waals surface area contributed by atoms with Gasteiger partial charge in [-0.15, -0.1) is 0 Å². The molecule has 100 valence electrons. The fourth-order valence-corrected chi connectivity index (χ4v) is 1.40. The number of anilines is 1. The lowest BCUT2D eigenvalue weighted by Gasteiger charge is -2.00. The summed E-state index contributed by atoms with van der Waals surface area (Å²) in [5.74, 6) is -0.730. The van der Waals surface area contributed by atoms with E-state index in [9.17, 15) is 9.59 Å². The molecule has 1 rings (SSSR count). The molecule has 0 saturated carbocycles. The summed E-state index contributed by atoms with van der Waals surface area (Å²) in [4.78, 5) is 22.2. The van der Waals surface area contributed by atoms with Gasteiger partial charge in [-0.1, -0.05) is 30.4 Å². The van der Waals surface area contributed by atoms with Crippen molar-refractivity contribution in [2.24, 2.45) is 0 Å². The van der Waals surface area contributed by atoms with Crippen molar-refractivity contribution in [2.45, 2.75) is 13.8 Å². The molecule has 0 aromatic heterocycles. The molecule has 0 unspecified atom stereocenters. The molecule has 0 heterocycles. The summed E-state index contributed by atoms with van der Waals surface area (Å²) < 4.78 is 0. The van der Waals surface area contributed by atoms with Gasteiger partial charge in [-0.05, 0) is 24.6 Å². The first-order chi connectivity index (χ1) is 9.02. The van der Waals surface area contributed by atoms with Crippen LogP contribution in [-0.4, -0.2) is 18.9 Å².